The number of carbonyl (C=O) groups excluding carboxylic acids is 1. The fourth-order valence-electron chi connectivity index (χ4n) is 1.97. The Balaban J connectivity index is 2.14. The number of methoxy groups -OCH3 is 1. The van der Waals surface area contributed by atoms with Crippen molar-refractivity contribution >= 4 is 5.91 Å². The maximum Gasteiger partial charge on any atom is 0.255 e. The Morgan fingerprint density at radius 2 is 2.33 bits per heavy atom. The van der Waals surface area contributed by atoms with E-state index in [0.29, 0.717) is 18.2 Å². The van der Waals surface area contributed by atoms with E-state index < -0.39 is 5.82 Å². The van der Waals surface area contributed by atoms with E-state index in [1.165, 1.54) is 25.3 Å². The van der Waals surface area contributed by atoms with Gasteiger partial charge in [-0.25, -0.2) is 4.39 Å². The molecule has 0 spiro atoms. The van der Waals surface area contributed by atoms with Crippen LogP contribution in [-0.2, 0) is 0 Å². The van der Waals surface area contributed by atoms with Crippen molar-refractivity contribution in [1.82, 2.24) is 5.32 Å². The predicted octanol–water partition coefficient (Wildman–Crippen LogP) is 1.30. The number of nitrogens with one attached hydrogen (secondary N) is 1. The quantitative estimate of drug-likeness (QED) is 0.830. The summed E-state index contributed by atoms with van der Waals surface area (Å²) in [5.41, 5.74) is 5.83. The number of hydrogen-bond donors (Lipinski definition) is 2. The summed E-state index contributed by atoms with van der Waals surface area (Å²) in [5, 5.41) is 2.84. The molecule has 1 aromatic carbocycles. The molecule has 0 radical (unpaired) electrons. The molecule has 98 valence electrons. The van der Waals surface area contributed by atoms with E-state index in [1.54, 1.807) is 0 Å². The standard InChI is InChI=1S/C13H17FN2O2/c1-18-12-5-4-9(14)6-10(12)13(17)16-11(7-15)8-2-3-8/h4-6,8,11H,2-3,7,15H2,1H3,(H,16,17). The maximum absolute atomic E-state index is 13.2. The summed E-state index contributed by atoms with van der Waals surface area (Å²) < 4.78 is 18.2. The average molecular weight is 252 g/mol. The van der Waals surface area contributed by atoms with Gasteiger partial charge in [-0.1, -0.05) is 0 Å². The van der Waals surface area contributed by atoms with Crippen molar-refractivity contribution in [2.75, 3.05) is 13.7 Å². The van der Waals surface area contributed by atoms with Crippen molar-refractivity contribution in [3.05, 3.63) is 29.6 Å². The number of carbonyl (C=O) groups is 1. The molecule has 5 heteroatoms. The Morgan fingerprint density at radius 1 is 1.61 bits per heavy atom. The van der Waals surface area contributed by atoms with Crippen molar-refractivity contribution in [3.63, 3.8) is 0 Å². The van der Waals surface area contributed by atoms with Crippen LogP contribution < -0.4 is 15.8 Å². The number of hydrogen-bond acceptors (Lipinski definition) is 3. The van der Waals surface area contributed by atoms with E-state index in [2.05, 4.69) is 5.32 Å². The summed E-state index contributed by atoms with van der Waals surface area (Å²) in [7, 11) is 1.45. The first-order chi connectivity index (χ1) is 8.65. The average Bonchev–Trinajstić information content (AvgIpc) is 3.19. The molecule has 1 aliphatic carbocycles. The second-order valence-electron chi connectivity index (χ2n) is 4.50. The van der Waals surface area contributed by atoms with Gasteiger partial charge in [0.15, 0.2) is 0 Å². The summed E-state index contributed by atoms with van der Waals surface area (Å²) in [5.74, 6) is 0.0179. The summed E-state index contributed by atoms with van der Waals surface area (Å²) in [6, 6.07) is 3.84. The molecule has 1 fully saturated rings. The number of rotatable bonds is 5. The van der Waals surface area contributed by atoms with E-state index in [0.717, 1.165) is 12.8 Å². The lowest BCUT2D eigenvalue weighted by atomic mass is 10.1. The number of benzene rings is 1. The largest absolute Gasteiger partial charge is 0.496 e. The predicted molar refractivity (Wildman–Crippen MR) is 66.0 cm³/mol. The molecule has 0 aliphatic heterocycles. The Labute approximate surface area is 105 Å². The van der Waals surface area contributed by atoms with Gasteiger partial charge in [0.05, 0.1) is 12.7 Å². The van der Waals surface area contributed by atoms with Crippen LogP contribution in [-0.4, -0.2) is 25.6 Å². The second-order valence-corrected chi connectivity index (χ2v) is 4.50. The van der Waals surface area contributed by atoms with Crippen LogP contribution in [0.3, 0.4) is 0 Å². The third-order valence-corrected chi connectivity index (χ3v) is 3.17. The molecule has 1 amide bonds. The Bertz CT molecular complexity index is 447. The third kappa shape index (κ3) is 2.79. The molecular weight excluding hydrogens is 235 g/mol. The first-order valence-corrected chi connectivity index (χ1v) is 6.00. The molecule has 18 heavy (non-hydrogen) atoms. The fraction of sp³-hybridized carbons (Fsp3) is 0.462. The van der Waals surface area contributed by atoms with Crippen LogP contribution in [0.2, 0.25) is 0 Å². The van der Waals surface area contributed by atoms with E-state index in [1.807, 2.05) is 0 Å². The molecule has 1 unspecified atom stereocenters. The molecule has 1 aromatic rings. The molecule has 3 N–H and O–H groups in total. The number of amides is 1. The van der Waals surface area contributed by atoms with E-state index in [-0.39, 0.29) is 17.5 Å². The van der Waals surface area contributed by atoms with E-state index in [9.17, 15) is 9.18 Å². The van der Waals surface area contributed by atoms with Crippen LogP contribution in [0.1, 0.15) is 23.2 Å². The van der Waals surface area contributed by atoms with Gasteiger partial charge >= 0.3 is 0 Å². The highest BCUT2D eigenvalue weighted by molar-refractivity contribution is 5.97. The molecule has 2 rings (SSSR count). The van der Waals surface area contributed by atoms with Gasteiger partial charge in [-0.05, 0) is 37.0 Å². The van der Waals surface area contributed by atoms with Crippen LogP contribution in [0, 0.1) is 11.7 Å². The van der Waals surface area contributed by atoms with Gasteiger partial charge in [0, 0.05) is 12.6 Å². The van der Waals surface area contributed by atoms with E-state index in [4.69, 9.17) is 10.5 Å². The topological polar surface area (TPSA) is 64.3 Å². The normalized spacial score (nSPS) is 16.2. The van der Waals surface area contributed by atoms with Crippen LogP contribution in [0.25, 0.3) is 0 Å². The minimum absolute atomic E-state index is 0.0366. The first-order valence-electron chi connectivity index (χ1n) is 6.00. The summed E-state index contributed by atoms with van der Waals surface area (Å²) in [4.78, 5) is 12.1. The zero-order valence-corrected chi connectivity index (χ0v) is 10.3. The Hall–Kier alpha value is -1.62. The van der Waals surface area contributed by atoms with Gasteiger partial charge in [-0.2, -0.15) is 0 Å². The molecule has 0 saturated heterocycles. The highest BCUT2D eigenvalue weighted by atomic mass is 19.1. The van der Waals surface area contributed by atoms with Gasteiger partial charge < -0.3 is 15.8 Å². The molecule has 1 saturated carbocycles. The van der Waals surface area contributed by atoms with Crippen molar-refractivity contribution in [1.29, 1.82) is 0 Å². The lowest BCUT2D eigenvalue weighted by Crippen LogP contribution is -2.41. The molecule has 0 aromatic heterocycles. The lowest BCUT2D eigenvalue weighted by Gasteiger charge is -2.17. The molecule has 4 nitrogen and oxygen atoms in total. The van der Waals surface area contributed by atoms with Crippen LogP contribution in [0.4, 0.5) is 4.39 Å². The second kappa shape index (κ2) is 5.35. The monoisotopic (exact) mass is 252 g/mol. The van der Waals surface area contributed by atoms with Gasteiger partial charge in [-0.15, -0.1) is 0 Å². The summed E-state index contributed by atoms with van der Waals surface area (Å²) >= 11 is 0. The van der Waals surface area contributed by atoms with Gasteiger partial charge in [0.25, 0.3) is 5.91 Å². The minimum atomic E-state index is -0.461. The number of halogens is 1. The highest BCUT2D eigenvalue weighted by Gasteiger charge is 2.31. The SMILES string of the molecule is COc1ccc(F)cc1C(=O)NC(CN)C1CC1. The molecule has 1 atom stereocenters. The third-order valence-electron chi connectivity index (χ3n) is 3.17. The van der Waals surface area contributed by atoms with Crippen molar-refractivity contribution in [2.24, 2.45) is 11.7 Å². The van der Waals surface area contributed by atoms with Crippen molar-refractivity contribution < 1.29 is 13.9 Å². The lowest BCUT2D eigenvalue weighted by molar-refractivity contribution is 0.0930. The Kier molecular flexibility index (Phi) is 3.81. The van der Waals surface area contributed by atoms with Gasteiger partial charge in [0.2, 0.25) is 0 Å². The summed E-state index contributed by atoms with van der Waals surface area (Å²) in [6.45, 7) is 0.397. The Morgan fingerprint density at radius 3 is 2.89 bits per heavy atom. The zero-order chi connectivity index (χ0) is 13.1. The van der Waals surface area contributed by atoms with Gasteiger partial charge in [0.1, 0.15) is 11.6 Å². The number of ether oxygens (including phenoxy) is 1. The van der Waals surface area contributed by atoms with Crippen LogP contribution in [0.15, 0.2) is 18.2 Å². The molecule has 0 heterocycles. The highest BCUT2D eigenvalue weighted by Crippen LogP contribution is 2.32. The minimum Gasteiger partial charge on any atom is -0.496 e. The van der Waals surface area contributed by atoms with Crippen LogP contribution >= 0.6 is 0 Å². The fourth-order valence-corrected chi connectivity index (χ4v) is 1.97. The van der Waals surface area contributed by atoms with Crippen LogP contribution in [0.5, 0.6) is 5.75 Å². The first kappa shape index (κ1) is 12.8. The smallest absolute Gasteiger partial charge is 0.255 e. The molecule has 1 aliphatic rings. The van der Waals surface area contributed by atoms with E-state index >= 15 is 0 Å². The molecule has 0 bridgehead atoms. The molecular formula is C13H17FN2O2. The number of nitrogens with two attached hydrogens (primary N) is 1. The maximum atomic E-state index is 13.2. The van der Waals surface area contributed by atoms with Gasteiger partial charge in [-0.3, -0.25) is 4.79 Å². The van der Waals surface area contributed by atoms with Crippen molar-refractivity contribution in [3.8, 4) is 5.75 Å². The summed E-state index contributed by atoms with van der Waals surface area (Å²) in [6.07, 6.45) is 2.17. The van der Waals surface area contributed by atoms with Crippen molar-refractivity contribution in [2.45, 2.75) is 18.9 Å². The zero-order valence-electron chi connectivity index (χ0n) is 10.3.